The molecule has 1 aromatic carbocycles. The molecule has 0 saturated heterocycles. The van der Waals surface area contributed by atoms with Crippen molar-refractivity contribution in [1.82, 2.24) is 0 Å². The predicted octanol–water partition coefficient (Wildman–Crippen LogP) is 3.57. The van der Waals surface area contributed by atoms with Crippen molar-refractivity contribution < 1.29 is 4.79 Å². The summed E-state index contributed by atoms with van der Waals surface area (Å²) >= 11 is 0. The molecule has 0 saturated carbocycles. The van der Waals surface area contributed by atoms with E-state index in [4.69, 9.17) is 0 Å². The number of rotatable bonds is 1. The molecule has 0 atom stereocenters. The molecular formula is C13H17NO. The van der Waals surface area contributed by atoms with Gasteiger partial charge in [-0.15, -0.1) is 0 Å². The molecule has 0 spiro atoms. The molecule has 1 aromatic rings. The Balaban J connectivity index is 3.38. The maximum atomic E-state index is 10.3. The maximum absolute atomic E-state index is 10.3. The standard InChI is InChI=1S/C13H17NO/c1-9-6-11(13(3,4)5)7-10(2)12(9)14-8-15/h6-7H,1-5H3. The smallest absolute Gasteiger partial charge is 0.211 e. The summed E-state index contributed by atoms with van der Waals surface area (Å²) in [6.07, 6.45) is 1.60. The van der Waals surface area contributed by atoms with Gasteiger partial charge in [-0.2, -0.15) is 4.99 Å². The van der Waals surface area contributed by atoms with Crippen LogP contribution in [0, 0.1) is 13.8 Å². The van der Waals surface area contributed by atoms with Gasteiger partial charge < -0.3 is 0 Å². The zero-order valence-electron chi connectivity index (χ0n) is 10.0. The molecule has 0 heterocycles. The van der Waals surface area contributed by atoms with Gasteiger partial charge in [-0.1, -0.05) is 32.9 Å². The first-order valence-electron chi connectivity index (χ1n) is 5.06. The van der Waals surface area contributed by atoms with Crippen molar-refractivity contribution >= 4 is 11.8 Å². The fraction of sp³-hybridized carbons (Fsp3) is 0.462. The summed E-state index contributed by atoms with van der Waals surface area (Å²) in [5.74, 6) is 0. The molecule has 0 N–H and O–H groups in total. The van der Waals surface area contributed by atoms with Gasteiger partial charge in [-0.25, -0.2) is 4.79 Å². The molecule has 0 bridgehead atoms. The zero-order chi connectivity index (χ0) is 11.6. The first kappa shape index (κ1) is 11.7. The number of aryl methyl sites for hydroxylation is 2. The summed E-state index contributed by atoms with van der Waals surface area (Å²) in [6.45, 7) is 10.5. The van der Waals surface area contributed by atoms with Crippen LogP contribution in [-0.4, -0.2) is 6.08 Å². The Hall–Kier alpha value is -1.40. The molecule has 1 rings (SSSR count). The number of isocyanates is 1. The van der Waals surface area contributed by atoms with E-state index in [-0.39, 0.29) is 5.41 Å². The average Bonchev–Trinajstić information content (AvgIpc) is 2.09. The van der Waals surface area contributed by atoms with Crippen LogP contribution in [-0.2, 0) is 10.2 Å². The minimum Gasteiger partial charge on any atom is -0.211 e. The normalized spacial score (nSPS) is 11.0. The molecule has 15 heavy (non-hydrogen) atoms. The number of aliphatic imine (C=N–C) groups is 1. The van der Waals surface area contributed by atoms with E-state index >= 15 is 0 Å². The summed E-state index contributed by atoms with van der Waals surface area (Å²) in [5.41, 5.74) is 4.20. The molecule has 0 amide bonds. The fourth-order valence-corrected chi connectivity index (χ4v) is 1.61. The van der Waals surface area contributed by atoms with Crippen LogP contribution >= 0.6 is 0 Å². The molecule has 0 fully saturated rings. The molecule has 0 aliphatic rings. The van der Waals surface area contributed by atoms with Crippen molar-refractivity contribution in [2.75, 3.05) is 0 Å². The molecule has 0 aliphatic heterocycles. The van der Waals surface area contributed by atoms with E-state index in [1.165, 1.54) is 5.56 Å². The fourth-order valence-electron chi connectivity index (χ4n) is 1.61. The Bertz CT molecular complexity index is 398. The topological polar surface area (TPSA) is 29.4 Å². The summed E-state index contributed by atoms with van der Waals surface area (Å²) in [6, 6.07) is 4.17. The lowest BCUT2D eigenvalue weighted by molar-refractivity contribution is 0.565. The Labute approximate surface area is 91.0 Å². The van der Waals surface area contributed by atoms with E-state index in [0.717, 1.165) is 16.8 Å². The number of benzene rings is 1. The lowest BCUT2D eigenvalue weighted by Gasteiger charge is -2.21. The van der Waals surface area contributed by atoms with Crippen LogP contribution in [0.5, 0.6) is 0 Å². The lowest BCUT2D eigenvalue weighted by atomic mass is 9.85. The first-order valence-corrected chi connectivity index (χ1v) is 5.06. The average molecular weight is 203 g/mol. The molecular weight excluding hydrogens is 186 g/mol. The highest BCUT2D eigenvalue weighted by Gasteiger charge is 2.15. The molecule has 0 radical (unpaired) electrons. The second kappa shape index (κ2) is 4.00. The van der Waals surface area contributed by atoms with E-state index < -0.39 is 0 Å². The van der Waals surface area contributed by atoms with Crippen LogP contribution in [0.15, 0.2) is 17.1 Å². The van der Waals surface area contributed by atoms with Crippen molar-refractivity contribution in [3.63, 3.8) is 0 Å². The third-order valence-electron chi connectivity index (χ3n) is 2.51. The van der Waals surface area contributed by atoms with Gasteiger partial charge in [0.25, 0.3) is 0 Å². The van der Waals surface area contributed by atoms with Gasteiger partial charge >= 0.3 is 0 Å². The van der Waals surface area contributed by atoms with Crippen LogP contribution in [0.4, 0.5) is 5.69 Å². The first-order chi connectivity index (χ1) is 6.86. The Morgan fingerprint density at radius 2 is 1.60 bits per heavy atom. The molecule has 80 valence electrons. The maximum Gasteiger partial charge on any atom is 0.240 e. The summed E-state index contributed by atoms with van der Waals surface area (Å²) in [7, 11) is 0. The van der Waals surface area contributed by atoms with Crippen molar-refractivity contribution in [3.05, 3.63) is 28.8 Å². The van der Waals surface area contributed by atoms with Crippen LogP contribution in [0.3, 0.4) is 0 Å². The zero-order valence-corrected chi connectivity index (χ0v) is 10.0. The van der Waals surface area contributed by atoms with E-state index in [0.29, 0.717) is 0 Å². The molecule has 2 heteroatoms. The number of hydrogen-bond acceptors (Lipinski definition) is 2. The van der Waals surface area contributed by atoms with Crippen LogP contribution in [0.25, 0.3) is 0 Å². The lowest BCUT2D eigenvalue weighted by Crippen LogP contribution is -2.11. The van der Waals surface area contributed by atoms with E-state index in [1.807, 2.05) is 13.8 Å². The SMILES string of the molecule is Cc1cc(C(C)(C)C)cc(C)c1N=C=O. The molecule has 0 aromatic heterocycles. The highest BCUT2D eigenvalue weighted by molar-refractivity contribution is 5.59. The van der Waals surface area contributed by atoms with E-state index in [2.05, 4.69) is 37.9 Å². The van der Waals surface area contributed by atoms with Crippen molar-refractivity contribution in [1.29, 1.82) is 0 Å². The van der Waals surface area contributed by atoms with E-state index in [9.17, 15) is 4.79 Å². The Morgan fingerprint density at radius 1 is 1.13 bits per heavy atom. The van der Waals surface area contributed by atoms with Crippen molar-refractivity contribution in [3.8, 4) is 0 Å². The second-order valence-corrected chi connectivity index (χ2v) is 4.91. The van der Waals surface area contributed by atoms with Gasteiger partial charge in [-0.05, 0) is 36.0 Å². The minimum absolute atomic E-state index is 0.124. The van der Waals surface area contributed by atoms with Crippen LogP contribution in [0.2, 0.25) is 0 Å². The Kier molecular flexibility index (Phi) is 3.11. The van der Waals surface area contributed by atoms with Crippen molar-refractivity contribution in [2.45, 2.75) is 40.0 Å². The third kappa shape index (κ3) is 2.54. The van der Waals surface area contributed by atoms with Crippen molar-refractivity contribution in [2.24, 2.45) is 4.99 Å². The van der Waals surface area contributed by atoms with Crippen LogP contribution in [0.1, 0.15) is 37.5 Å². The van der Waals surface area contributed by atoms with Gasteiger partial charge in [0.05, 0.1) is 5.69 Å². The van der Waals surface area contributed by atoms with Crippen LogP contribution < -0.4 is 0 Å². The highest BCUT2D eigenvalue weighted by atomic mass is 16.1. The minimum atomic E-state index is 0.124. The van der Waals surface area contributed by atoms with E-state index in [1.54, 1.807) is 6.08 Å². The molecule has 0 aliphatic carbocycles. The second-order valence-electron chi connectivity index (χ2n) is 4.91. The summed E-state index contributed by atoms with van der Waals surface area (Å²) in [4.78, 5) is 14.0. The summed E-state index contributed by atoms with van der Waals surface area (Å²) in [5, 5.41) is 0. The predicted molar refractivity (Wildman–Crippen MR) is 62.4 cm³/mol. The number of hydrogen-bond donors (Lipinski definition) is 0. The highest BCUT2D eigenvalue weighted by Crippen LogP contribution is 2.30. The molecule has 0 unspecified atom stereocenters. The quantitative estimate of drug-likeness (QED) is 0.507. The van der Waals surface area contributed by atoms with Gasteiger partial charge in [0.2, 0.25) is 6.08 Å². The van der Waals surface area contributed by atoms with Gasteiger partial charge in [0.1, 0.15) is 0 Å². The largest absolute Gasteiger partial charge is 0.240 e. The number of carbonyl (C=O) groups excluding carboxylic acids is 1. The van der Waals surface area contributed by atoms with Gasteiger partial charge in [0, 0.05) is 0 Å². The third-order valence-corrected chi connectivity index (χ3v) is 2.51. The monoisotopic (exact) mass is 203 g/mol. The van der Waals surface area contributed by atoms with Gasteiger partial charge in [-0.3, -0.25) is 0 Å². The van der Waals surface area contributed by atoms with Gasteiger partial charge in [0.15, 0.2) is 0 Å². The number of nitrogens with zero attached hydrogens (tertiary/aromatic N) is 1. The Morgan fingerprint density at radius 3 is 1.93 bits per heavy atom. The molecule has 2 nitrogen and oxygen atoms in total. The summed E-state index contributed by atoms with van der Waals surface area (Å²) < 4.78 is 0.